The molecule has 0 unspecified atom stereocenters. The average Bonchev–Trinajstić information content (AvgIpc) is 2.65. The number of benzene rings is 2. The van der Waals surface area contributed by atoms with Gasteiger partial charge in [0, 0.05) is 10.5 Å². The predicted molar refractivity (Wildman–Crippen MR) is 80.8 cm³/mol. The van der Waals surface area contributed by atoms with E-state index < -0.39 is 0 Å². The summed E-state index contributed by atoms with van der Waals surface area (Å²) < 4.78 is 16.7. The number of hydrogen-bond acceptors (Lipinski definition) is 2. The number of imidazole rings is 1. The van der Waals surface area contributed by atoms with Crippen LogP contribution in [0.3, 0.4) is 0 Å². The predicted octanol–water partition coefficient (Wildman–Crippen LogP) is 4.27. The zero-order chi connectivity index (χ0) is 13.6. The summed E-state index contributed by atoms with van der Waals surface area (Å²) in [5, 5.41) is 0. The number of nitrogens with zero attached hydrogens (tertiary/aromatic N) is 2. The molecular weight excluding hydrogens is 377 g/mol. The third kappa shape index (κ3) is 2.15. The number of fused-ring (bicyclic) bond motifs is 1. The van der Waals surface area contributed by atoms with Crippen molar-refractivity contribution in [3.8, 4) is 5.69 Å². The lowest BCUT2D eigenvalue weighted by molar-refractivity contribution is 0.622. The molecule has 1 aromatic heterocycles. The van der Waals surface area contributed by atoms with E-state index in [0.29, 0.717) is 21.5 Å². The van der Waals surface area contributed by atoms with E-state index >= 15 is 0 Å². The molecule has 0 bridgehead atoms. The molecule has 6 heteroatoms. The summed E-state index contributed by atoms with van der Waals surface area (Å²) in [7, 11) is 0. The molecule has 0 saturated carbocycles. The summed E-state index contributed by atoms with van der Waals surface area (Å²) in [6.07, 6.45) is 0. The lowest BCUT2D eigenvalue weighted by atomic mass is 10.2. The van der Waals surface area contributed by atoms with Crippen molar-refractivity contribution in [2.45, 2.75) is 0 Å². The molecule has 0 atom stereocenters. The first-order valence-electron chi connectivity index (χ1n) is 5.45. The Hall–Kier alpha value is -1.40. The highest BCUT2D eigenvalue weighted by Crippen LogP contribution is 2.28. The van der Waals surface area contributed by atoms with Gasteiger partial charge >= 0.3 is 0 Å². The fourth-order valence-corrected chi connectivity index (χ4v) is 2.70. The Labute approximate surface area is 125 Å². The van der Waals surface area contributed by atoms with Gasteiger partial charge in [-0.15, -0.1) is 0 Å². The van der Waals surface area contributed by atoms with Crippen LogP contribution in [0.4, 0.5) is 10.3 Å². The quantitative estimate of drug-likeness (QED) is 0.680. The second-order valence-electron chi connectivity index (χ2n) is 4.04. The van der Waals surface area contributed by atoms with Gasteiger partial charge in [-0.3, -0.25) is 4.57 Å². The minimum atomic E-state index is -0.344. The van der Waals surface area contributed by atoms with Crippen LogP contribution in [0.25, 0.3) is 16.7 Å². The van der Waals surface area contributed by atoms with Crippen molar-refractivity contribution in [1.82, 2.24) is 9.55 Å². The second kappa shape index (κ2) is 4.61. The van der Waals surface area contributed by atoms with Crippen molar-refractivity contribution in [1.29, 1.82) is 0 Å². The van der Waals surface area contributed by atoms with E-state index in [1.165, 1.54) is 6.07 Å². The van der Waals surface area contributed by atoms with Gasteiger partial charge in [-0.1, -0.05) is 22.0 Å². The highest BCUT2D eigenvalue weighted by molar-refractivity contribution is 9.10. The molecule has 0 fully saturated rings. The number of aromatic nitrogens is 2. The molecule has 0 saturated heterocycles. The van der Waals surface area contributed by atoms with Gasteiger partial charge in [0.25, 0.3) is 0 Å². The van der Waals surface area contributed by atoms with Crippen LogP contribution in [-0.2, 0) is 0 Å². The number of rotatable bonds is 1. The van der Waals surface area contributed by atoms with Gasteiger partial charge in [0.2, 0.25) is 5.95 Å². The summed E-state index contributed by atoms with van der Waals surface area (Å²) >= 11 is 6.55. The fraction of sp³-hybridized carbons (Fsp3) is 0. The first-order valence-corrected chi connectivity index (χ1v) is 7.04. The van der Waals surface area contributed by atoms with Gasteiger partial charge in [-0.2, -0.15) is 0 Å². The normalized spacial score (nSPS) is 11.1. The van der Waals surface area contributed by atoms with E-state index in [2.05, 4.69) is 36.8 Å². The summed E-state index contributed by atoms with van der Waals surface area (Å²) in [5.74, 6) is -0.0192. The molecule has 0 aliphatic rings. The molecule has 0 aliphatic carbocycles. The van der Waals surface area contributed by atoms with Gasteiger partial charge in [-0.25, -0.2) is 9.37 Å². The van der Waals surface area contributed by atoms with Crippen molar-refractivity contribution >= 4 is 48.8 Å². The zero-order valence-electron chi connectivity index (χ0n) is 9.57. The average molecular weight is 385 g/mol. The van der Waals surface area contributed by atoms with Crippen LogP contribution in [0.2, 0.25) is 0 Å². The molecule has 0 spiro atoms. The Morgan fingerprint density at radius 3 is 2.68 bits per heavy atom. The first-order chi connectivity index (χ1) is 9.06. The van der Waals surface area contributed by atoms with Crippen LogP contribution >= 0.6 is 31.9 Å². The molecule has 0 radical (unpaired) electrons. The van der Waals surface area contributed by atoms with Gasteiger partial charge in [0.05, 0.1) is 21.2 Å². The Morgan fingerprint density at radius 2 is 1.95 bits per heavy atom. The van der Waals surface area contributed by atoms with E-state index in [4.69, 9.17) is 5.73 Å². The molecule has 0 amide bonds. The number of anilines is 1. The van der Waals surface area contributed by atoms with Crippen LogP contribution in [0.15, 0.2) is 45.3 Å². The van der Waals surface area contributed by atoms with Crippen LogP contribution in [0, 0.1) is 5.82 Å². The van der Waals surface area contributed by atoms with E-state index in [9.17, 15) is 4.39 Å². The van der Waals surface area contributed by atoms with Crippen molar-refractivity contribution in [2.75, 3.05) is 5.73 Å². The zero-order valence-corrected chi connectivity index (χ0v) is 12.7. The molecule has 3 rings (SSSR count). The number of nitrogens with two attached hydrogens (primary N) is 1. The topological polar surface area (TPSA) is 43.8 Å². The summed E-state index contributed by atoms with van der Waals surface area (Å²) in [4.78, 5) is 4.25. The Morgan fingerprint density at radius 1 is 1.16 bits per heavy atom. The maximum absolute atomic E-state index is 13.7. The van der Waals surface area contributed by atoms with Crippen molar-refractivity contribution in [3.05, 3.63) is 51.2 Å². The smallest absolute Gasteiger partial charge is 0.205 e. The van der Waals surface area contributed by atoms with Crippen molar-refractivity contribution in [2.24, 2.45) is 0 Å². The highest BCUT2D eigenvalue weighted by atomic mass is 79.9. The van der Waals surface area contributed by atoms with Crippen LogP contribution < -0.4 is 5.73 Å². The third-order valence-corrected chi connectivity index (χ3v) is 3.89. The van der Waals surface area contributed by atoms with E-state index in [-0.39, 0.29) is 5.82 Å². The first kappa shape index (κ1) is 12.6. The number of nitrogen functional groups attached to an aromatic ring is 1. The lowest BCUT2D eigenvalue weighted by Crippen LogP contribution is -2.00. The molecule has 2 N–H and O–H groups in total. The molecule has 19 heavy (non-hydrogen) atoms. The monoisotopic (exact) mass is 383 g/mol. The van der Waals surface area contributed by atoms with Crippen LogP contribution in [-0.4, -0.2) is 9.55 Å². The standard InChI is InChI=1S/C13H8Br2FN3/c14-7-2-1-3-8(4-7)19-12-6-10(16)9(15)5-11(12)18-13(19)17/h1-6H,(H2,17,18). The van der Waals surface area contributed by atoms with Crippen LogP contribution in [0.1, 0.15) is 0 Å². The van der Waals surface area contributed by atoms with Gasteiger partial charge in [0.15, 0.2) is 0 Å². The summed E-state index contributed by atoms with van der Waals surface area (Å²) in [6, 6.07) is 10.6. The van der Waals surface area contributed by atoms with E-state index in [0.717, 1.165) is 10.2 Å². The van der Waals surface area contributed by atoms with E-state index in [1.807, 2.05) is 24.3 Å². The fourth-order valence-electron chi connectivity index (χ4n) is 1.98. The lowest BCUT2D eigenvalue weighted by Gasteiger charge is -2.07. The van der Waals surface area contributed by atoms with Crippen molar-refractivity contribution < 1.29 is 4.39 Å². The molecular formula is C13H8Br2FN3. The summed E-state index contributed by atoms with van der Waals surface area (Å²) in [6.45, 7) is 0. The van der Waals surface area contributed by atoms with Crippen LogP contribution in [0.5, 0.6) is 0 Å². The second-order valence-corrected chi connectivity index (χ2v) is 5.81. The molecule has 2 aromatic carbocycles. The largest absolute Gasteiger partial charge is 0.369 e. The molecule has 96 valence electrons. The Kier molecular flexibility index (Phi) is 3.06. The minimum Gasteiger partial charge on any atom is -0.369 e. The minimum absolute atomic E-state index is 0.325. The Bertz CT molecular complexity index is 783. The molecule has 1 heterocycles. The molecule has 3 aromatic rings. The highest BCUT2D eigenvalue weighted by Gasteiger charge is 2.13. The maximum atomic E-state index is 13.7. The number of halogens is 3. The SMILES string of the molecule is Nc1nc2cc(Br)c(F)cc2n1-c1cccc(Br)c1. The molecule has 0 aliphatic heterocycles. The van der Waals surface area contributed by atoms with Crippen molar-refractivity contribution in [3.63, 3.8) is 0 Å². The van der Waals surface area contributed by atoms with Gasteiger partial charge < -0.3 is 5.73 Å². The van der Waals surface area contributed by atoms with E-state index in [1.54, 1.807) is 10.6 Å². The number of hydrogen-bond donors (Lipinski definition) is 1. The Balaban J connectivity index is 2.34. The van der Waals surface area contributed by atoms with Gasteiger partial charge in [-0.05, 0) is 40.2 Å². The summed E-state index contributed by atoms with van der Waals surface area (Å²) in [5.41, 5.74) is 8.04. The maximum Gasteiger partial charge on any atom is 0.205 e. The third-order valence-electron chi connectivity index (χ3n) is 2.79. The molecule has 3 nitrogen and oxygen atoms in total. The van der Waals surface area contributed by atoms with Gasteiger partial charge in [0.1, 0.15) is 5.82 Å².